The van der Waals surface area contributed by atoms with E-state index in [0.29, 0.717) is 6.54 Å². The topological polar surface area (TPSA) is 90.9 Å². The SMILES string of the molecule is CC(O)CNC(=O)C(=O)NCCCN1CCOCC1. The molecule has 0 aromatic carbocycles. The molecule has 7 heteroatoms. The van der Waals surface area contributed by atoms with E-state index in [1.54, 1.807) is 6.92 Å². The van der Waals surface area contributed by atoms with E-state index in [0.717, 1.165) is 39.3 Å². The molecule has 0 aromatic heterocycles. The van der Waals surface area contributed by atoms with Crippen molar-refractivity contribution in [3.05, 3.63) is 0 Å². The van der Waals surface area contributed by atoms with E-state index in [1.165, 1.54) is 0 Å². The van der Waals surface area contributed by atoms with E-state index in [1.807, 2.05) is 0 Å². The summed E-state index contributed by atoms with van der Waals surface area (Å²) in [5.74, 6) is -1.35. The first-order chi connectivity index (χ1) is 9.09. The Morgan fingerprint density at radius 1 is 1.26 bits per heavy atom. The third-order valence-corrected chi connectivity index (χ3v) is 2.80. The van der Waals surface area contributed by atoms with Gasteiger partial charge in [-0.25, -0.2) is 0 Å². The predicted molar refractivity (Wildman–Crippen MR) is 69.6 cm³/mol. The number of nitrogens with zero attached hydrogens (tertiary/aromatic N) is 1. The van der Waals surface area contributed by atoms with Gasteiger partial charge in [-0.15, -0.1) is 0 Å². The predicted octanol–water partition coefficient (Wildman–Crippen LogP) is -1.68. The minimum atomic E-state index is -0.702. The normalized spacial score (nSPS) is 17.8. The van der Waals surface area contributed by atoms with Crippen molar-refractivity contribution < 1.29 is 19.4 Å². The molecule has 2 amide bonds. The molecule has 1 aliphatic heterocycles. The largest absolute Gasteiger partial charge is 0.392 e. The van der Waals surface area contributed by atoms with Crippen LogP contribution < -0.4 is 10.6 Å². The molecule has 1 fully saturated rings. The van der Waals surface area contributed by atoms with Crippen LogP contribution in [-0.2, 0) is 14.3 Å². The lowest BCUT2D eigenvalue weighted by Crippen LogP contribution is -2.43. The van der Waals surface area contributed by atoms with E-state index in [4.69, 9.17) is 9.84 Å². The Bertz CT molecular complexity index is 291. The van der Waals surface area contributed by atoms with E-state index in [-0.39, 0.29) is 6.54 Å². The van der Waals surface area contributed by atoms with Crippen molar-refractivity contribution in [2.24, 2.45) is 0 Å². The van der Waals surface area contributed by atoms with Crippen LogP contribution >= 0.6 is 0 Å². The molecule has 1 atom stereocenters. The average Bonchev–Trinajstić information content (AvgIpc) is 2.41. The third kappa shape index (κ3) is 7.09. The smallest absolute Gasteiger partial charge is 0.309 e. The van der Waals surface area contributed by atoms with Crippen molar-refractivity contribution in [3.63, 3.8) is 0 Å². The Morgan fingerprint density at radius 3 is 2.53 bits per heavy atom. The summed E-state index contributed by atoms with van der Waals surface area (Å²) < 4.78 is 5.24. The Hall–Kier alpha value is -1.18. The van der Waals surface area contributed by atoms with Crippen molar-refractivity contribution in [1.82, 2.24) is 15.5 Å². The molecule has 1 saturated heterocycles. The van der Waals surface area contributed by atoms with Gasteiger partial charge >= 0.3 is 11.8 Å². The number of hydrogen-bond acceptors (Lipinski definition) is 5. The summed E-state index contributed by atoms with van der Waals surface area (Å²) in [6.07, 6.45) is 0.146. The van der Waals surface area contributed by atoms with Crippen LogP contribution in [-0.4, -0.2) is 73.9 Å². The molecule has 3 N–H and O–H groups in total. The second-order valence-corrected chi connectivity index (χ2v) is 4.62. The summed E-state index contributed by atoms with van der Waals surface area (Å²) in [5.41, 5.74) is 0. The summed E-state index contributed by atoms with van der Waals surface area (Å²) in [7, 11) is 0. The van der Waals surface area contributed by atoms with E-state index in [9.17, 15) is 9.59 Å². The van der Waals surface area contributed by atoms with Gasteiger partial charge in [0.05, 0.1) is 19.3 Å². The van der Waals surface area contributed by atoms with Gasteiger partial charge in [0, 0.05) is 26.2 Å². The highest BCUT2D eigenvalue weighted by Crippen LogP contribution is 1.97. The number of carbonyl (C=O) groups is 2. The quantitative estimate of drug-likeness (QED) is 0.397. The number of carbonyl (C=O) groups excluding carboxylic acids is 2. The maximum absolute atomic E-state index is 11.4. The number of rotatable bonds is 6. The molecule has 1 aliphatic rings. The average molecular weight is 273 g/mol. The van der Waals surface area contributed by atoms with Gasteiger partial charge in [0.25, 0.3) is 0 Å². The monoisotopic (exact) mass is 273 g/mol. The Kier molecular flexibility index (Phi) is 7.39. The summed E-state index contributed by atoms with van der Waals surface area (Å²) in [6.45, 7) is 6.34. The van der Waals surface area contributed by atoms with E-state index in [2.05, 4.69) is 15.5 Å². The van der Waals surface area contributed by atoms with Gasteiger partial charge in [-0.1, -0.05) is 0 Å². The summed E-state index contributed by atoms with van der Waals surface area (Å²) in [6, 6.07) is 0. The lowest BCUT2D eigenvalue weighted by atomic mass is 10.3. The molecular weight excluding hydrogens is 250 g/mol. The lowest BCUT2D eigenvalue weighted by molar-refractivity contribution is -0.139. The molecule has 1 unspecified atom stereocenters. The number of nitrogens with one attached hydrogen (secondary N) is 2. The second kappa shape index (κ2) is 8.84. The van der Waals surface area contributed by atoms with Gasteiger partial charge in [0.2, 0.25) is 0 Å². The molecule has 19 heavy (non-hydrogen) atoms. The zero-order chi connectivity index (χ0) is 14.1. The summed E-state index contributed by atoms with van der Waals surface area (Å²) >= 11 is 0. The molecule has 0 spiro atoms. The zero-order valence-electron chi connectivity index (χ0n) is 11.4. The van der Waals surface area contributed by atoms with Gasteiger partial charge in [-0.2, -0.15) is 0 Å². The van der Waals surface area contributed by atoms with Crippen molar-refractivity contribution in [2.45, 2.75) is 19.4 Å². The lowest BCUT2D eigenvalue weighted by Gasteiger charge is -2.26. The number of morpholine rings is 1. The maximum Gasteiger partial charge on any atom is 0.309 e. The fourth-order valence-electron chi connectivity index (χ4n) is 1.73. The second-order valence-electron chi connectivity index (χ2n) is 4.62. The first-order valence-corrected chi connectivity index (χ1v) is 6.64. The van der Waals surface area contributed by atoms with Crippen LogP contribution in [0.3, 0.4) is 0 Å². The first kappa shape index (κ1) is 15.9. The minimum Gasteiger partial charge on any atom is -0.392 e. The highest BCUT2D eigenvalue weighted by molar-refractivity contribution is 6.35. The molecule has 0 aliphatic carbocycles. The molecule has 0 saturated carbocycles. The maximum atomic E-state index is 11.4. The van der Waals surface area contributed by atoms with Crippen LogP contribution in [0.4, 0.5) is 0 Å². The molecule has 0 aromatic rings. The van der Waals surface area contributed by atoms with Crippen LogP contribution in [0.25, 0.3) is 0 Å². The highest BCUT2D eigenvalue weighted by Gasteiger charge is 2.13. The third-order valence-electron chi connectivity index (χ3n) is 2.80. The van der Waals surface area contributed by atoms with Crippen LogP contribution in [0.5, 0.6) is 0 Å². The zero-order valence-corrected chi connectivity index (χ0v) is 11.4. The Balaban J connectivity index is 2.04. The highest BCUT2D eigenvalue weighted by atomic mass is 16.5. The first-order valence-electron chi connectivity index (χ1n) is 6.64. The summed E-state index contributed by atoms with van der Waals surface area (Å²) in [5, 5.41) is 13.9. The molecule has 1 heterocycles. The van der Waals surface area contributed by atoms with Gasteiger partial charge in [-0.05, 0) is 19.9 Å². The molecule has 7 nitrogen and oxygen atoms in total. The number of ether oxygens (including phenoxy) is 1. The van der Waals surface area contributed by atoms with Gasteiger partial charge in [-0.3, -0.25) is 14.5 Å². The molecule has 1 rings (SSSR count). The number of amides is 2. The molecule has 0 bridgehead atoms. The van der Waals surface area contributed by atoms with Crippen LogP contribution in [0.1, 0.15) is 13.3 Å². The van der Waals surface area contributed by atoms with Crippen LogP contribution in [0.2, 0.25) is 0 Å². The molecule has 0 radical (unpaired) electrons. The standard InChI is InChI=1S/C12H23N3O4/c1-10(16)9-14-12(18)11(17)13-3-2-4-15-5-7-19-8-6-15/h10,16H,2-9H2,1H3,(H,13,17)(H,14,18). The van der Waals surface area contributed by atoms with Gasteiger partial charge < -0.3 is 20.5 Å². The van der Waals surface area contributed by atoms with E-state index >= 15 is 0 Å². The van der Waals surface area contributed by atoms with Crippen LogP contribution in [0, 0.1) is 0 Å². The van der Waals surface area contributed by atoms with Gasteiger partial charge in [0.1, 0.15) is 0 Å². The van der Waals surface area contributed by atoms with Crippen LogP contribution in [0.15, 0.2) is 0 Å². The van der Waals surface area contributed by atoms with E-state index < -0.39 is 17.9 Å². The molecular formula is C12H23N3O4. The van der Waals surface area contributed by atoms with Crippen molar-refractivity contribution in [3.8, 4) is 0 Å². The van der Waals surface area contributed by atoms with Gasteiger partial charge in [0.15, 0.2) is 0 Å². The Morgan fingerprint density at radius 2 is 1.89 bits per heavy atom. The minimum absolute atomic E-state index is 0.0834. The molecule has 110 valence electrons. The summed E-state index contributed by atoms with van der Waals surface area (Å²) in [4.78, 5) is 24.9. The van der Waals surface area contributed by atoms with Crippen molar-refractivity contribution in [1.29, 1.82) is 0 Å². The number of aliphatic hydroxyl groups is 1. The number of hydrogen-bond donors (Lipinski definition) is 3. The van der Waals surface area contributed by atoms with Crippen molar-refractivity contribution >= 4 is 11.8 Å². The van der Waals surface area contributed by atoms with Crippen molar-refractivity contribution in [2.75, 3.05) is 45.9 Å². The fraction of sp³-hybridized carbons (Fsp3) is 0.833. The Labute approximate surface area is 113 Å². The number of aliphatic hydroxyl groups excluding tert-OH is 1. The fourth-order valence-corrected chi connectivity index (χ4v) is 1.73.